The molecule has 6 heteroatoms. The Balaban J connectivity index is 1.58. The highest BCUT2D eigenvalue weighted by Gasteiger charge is 2.24. The quantitative estimate of drug-likeness (QED) is 0.833. The predicted molar refractivity (Wildman–Crippen MR) is 72.9 cm³/mol. The number of carbonyl (C=O) groups excluding carboxylic acids is 2. The topological polar surface area (TPSA) is 52.7 Å². The van der Waals surface area contributed by atoms with Crippen LogP contribution in [0.2, 0.25) is 0 Å². The molecule has 3 rings (SSSR count). The molecule has 0 saturated carbocycles. The highest BCUT2D eigenvalue weighted by atomic mass is 32.1. The van der Waals surface area contributed by atoms with Gasteiger partial charge in [0.25, 0.3) is 0 Å². The second kappa shape index (κ2) is 5.30. The van der Waals surface area contributed by atoms with Crippen LogP contribution in [0.4, 0.5) is 0 Å². The summed E-state index contributed by atoms with van der Waals surface area (Å²) in [6.45, 7) is 3.61. The van der Waals surface area contributed by atoms with E-state index in [1.54, 1.807) is 11.3 Å². The summed E-state index contributed by atoms with van der Waals surface area (Å²) in [4.78, 5) is 28.8. The number of fused-ring (bicyclic) bond motifs is 1. The highest BCUT2D eigenvalue weighted by Crippen LogP contribution is 2.24. The minimum absolute atomic E-state index is 0.0119. The van der Waals surface area contributed by atoms with Gasteiger partial charge in [0.1, 0.15) is 0 Å². The fourth-order valence-corrected chi connectivity index (χ4v) is 3.47. The maximum Gasteiger partial charge on any atom is 0.237 e. The Morgan fingerprint density at radius 1 is 1.37 bits per heavy atom. The van der Waals surface area contributed by atoms with Gasteiger partial charge in [0.15, 0.2) is 0 Å². The second-order valence-electron chi connectivity index (χ2n) is 4.99. The van der Waals surface area contributed by atoms with Crippen LogP contribution in [0.25, 0.3) is 0 Å². The molecule has 0 unspecified atom stereocenters. The molecule has 0 atom stereocenters. The first kappa shape index (κ1) is 12.6. The van der Waals surface area contributed by atoms with Gasteiger partial charge >= 0.3 is 0 Å². The van der Waals surface area contributed by atoms with Gasteiger partial charge in [-0.05, 0) is 23.4 Å². The summed E-state index contributed by atoms with van der Waals surface area (Å²) in [6.07, 6.45) is 0.958. The molecule has 1 fully saturated rings. The smallest absolute Gasteiger partial charge is 0.237 e. The summed E-state index contributed by atoms with van der Waals surface area (Å²) in [6, 6.07) is 2.10. The first-order chi connectivity index (χ1) is 9.22. The van der Waals surface area contributed by atoms with Crippen molar-refractivity contribution in [1.82, 2.24) is 15.1 Å². The lowest BCUT2D eigenvalue weighted by atomic mass is 10.1. The Labute approximate surface area is 116 Å². The molecule has 0 aliphatic carbocycles. The second-order valence-corrected chi connectivity index (χ2v) is 6.00. The Hall–Kier alpha value is -1.40. The van der Waals surface area contributed by atoms with Crippen LogP contribution in [0.5, 0.6) is 0 Å². The summed E-state index contributed by atoms with van der Waals surface area (Å²) < 4.78 is 0. The zero-order valence-corrected chi connectivity index (χ0v) is 11.5. The summed E-state index contributed by atoms with van der Waals surface area (Å²) in [5, 5.41) is 4.86. The number of rotatable bonds is 2. The van der Waals surface area contributed by atoms with E-state index in [2.05, 4.69) is 16.8 Å². The lowest BCUT2D eigenvalue weighted by Gasteiger charge is -2.31. The van der Waals surface area contributed by atoms with Gasteiger partial charge in [-0.3, -0.25) is 14.5 Å². The van der Waals surface area contributed by atoms with Gasteiger partial charge in [-0.2, -0.15) is 0 Å². The van der Waals surface area contributed by atoms with E-state index in [4.69, 9.17) is 0 Å². The molecular formula is C13H17N3O2S. The number of nitrogens with one attached hydrogen (secondary N) is 1. The Morgan fingerprint density at radius 3 is 3.11 bits per heavy atom. The van der Waals surface area contributed by atoms with Crippen LogP contribution < -0.4 is 5.32 Å². The molecule has 3 heterocycles. The van der Waals surface area contributed by atoms with Gasteiger partial charge < -0.3 is 10.2 Å². The summed E-state index contributed by atoms with van der Waals surface area (Å²) in [7, 11) is 0. The van der Waals surface area contributed by atoms with Gasteiger partial charge in [0, 0.05) is 31.1 Å². The SMILES string of the molecule is O=C1CN(CC(=O)N2CCc3sccc3C2)CCN1. The average Bonchev–Trinajstić information content (AvgIpc) is 2.85. The van der Waals surface area contributed by atoms with Gasteiger partial charge in [0.2, 0.25) is 11.8 Å². The van der Waals surface area contributed by atoms with Crippen molar-refractivity contribution in [2.75, 3.05) is 32.7 Å². The number of piperazine rings is 1. The van der Waals surface area contributed by atoms with E-state index in [0.29, 0.717) is 19.6 Å². The number of carbonyl (C=O) groups is 2. The molecule has 0 bridgehead atoms. The zero-order valence-electron chi connectivity index (χ0n) is 10.7. The monoisotopic (exact) mass is 279 g/mol. The number of amides is 2. The van der Waals surface area contributed by atoms with E-state index < -0.39 is 0 Å². The maximum absolute atomic E-state index is 12.3. The van der Waals surface area contributed by atoms with Crippen molar-refractivity contribution < 1.29 is 9.59 Å². The molecule has 1 aromatic heterocycles. The van der Waals surface area contributed by atoms with Gasteiger partial charge in [-0.1, -0.05) is 0 Å². The molecule has 2 aliphatic heterocycles. The van der Waals surface area contributed by atoms with Crippen LogP contribution in [-0.4, -0.2) is 54.3 Å². The number of nitrogens with zero attached hydrogens (tertiary/aromatic N) is 2. The molecule has 102 valence electrons. The number of thiophene rings is 1. The van der Waals surface area contributed by atoms with Crippen molar-refractivity contribution in [3.05, 3.63) is 21.9 Å². The van der Waals surface area contributed by atoms with E-state index in [1.807, 2.05) is 9.80 Å². The Morgan fingerprint density at radius 2 is 2.26 bits per heavy atom. The molecule has 0 aromatic carbocycles. The van der Waals surface area contributed by atoms with Crippen molar-refractivity contribution in [2.45, 2.75) is 13.0 Å². The molecule has 2 amide bonds. The summed E-state index contributed by atoms with van der Waals surface area (Å²) in [5.41, 5.74) is 1.28. The van der Waals surface area contributed by atoms with E-state index in [0.717, 1.165) is 26.1 Å². The van der Waals surface area contributed by atoms with E-state index in [1.165, 1.54) is 10.4 Å². The Bertz CT molecular complexity index is 500. The van der Waals surface area contributed by atoms with Crippen molar-refractivity contribution in [1.29, 1.82) is 0 Å². The highest BCUT2D eigenvalue weighted by molar-refractivity contribution is 7.10. The molecule has 2 aliphatic rings. The van der Waals surface area contributed by atoms with E-state index in [9.17, 15) is 9.59 Å². The van der Waals surface area contributed by atoms with Crippen molar-refractivity contribution in [2.24, 2.45) is 0 Å². The Kier molecular flexibility index (Phi) is 3.52. The van der Waals surface area contributed by atoms with Crippen LogP contribution >= 0.6 is 11.3 Å². The van der Waals surface area contributed by atoms with Gasteiger partial charge in [-0.15, -0.1) is 11.3 Å². The molecule has 5 nitrogen and oxygen atoms in total. The molecule has 1 N–H and O–H groups in total. The van der Waals surface area contributed by atoms with Gasteiger partial charge in [0.05, 0.1) is 13.1 Å². The van der Waals surface area contributed by atoms with Crippen LogP contribution in [0.15, 0.2) is 11.4 Å². The third kappa shape index (κ3) is 2.79. The molecule has 19 heavy (non-hydrogen) atoms. The third-order valence-electron chi connectivity index (χ3n) is 3.64. The largest absolute Gasteiger partial charge is 0.354 e. The fraction of sp³-hybridized carbons (Fsp3) is 0.538. The van der Waals surface area contributed by atoms with Crippen molar-refractivity contribution in [3.63, 3.8) is 0 Å². The normalized spacial score (nSPS) is 20.0. The molecular weight excluding hydrogens is 262 g/mol. The summed E-state index contributed by atoms with van der Waals surface area (Å²) in [5.74, 6) is 0.143. The minimum Gasteiger partial charge on any atom is -0.354 e. The maximum atomic E-state index is 12.3. The van der Waals surface area contributed by atoms with E-state index >= 15 is 0 Å². The molecule has 0 radical (unpaired) electrons. The first-order valence-electron chi connectivity index (χ1n) is 6.54. The third-order valence-corrected chi connectivity index (χ3v) is 4.66. The molecule has 0 spiro atoms. The van der Waals surface area contributed by atoms with E-state index in [-0.39, 0.29) is 11.8 Å². The van der Waals surface area contributed by atoms with Crippen molar-refractivity contribution in [3.8, 4) is 0 Å². The first-order valence-corrected chi connectivity index (χ1v) is 7.42. The average molecular weight is 279 g/mol. The molecule has 1 aromatic rings. The van der Waals surface area contributed by atoms with Crippen LogP contribution in [-0.2, 0) is 22.6 Å². The lowest BCUT2D eigenvalue weighted by Crippen LogP contribution is -2.51. The number of hydrogen-bond acceptors (Lipinski definition) is 4. The fourth-order valence-electron chi connectivity index (χ4n) is 2.58. The minimum atomic E-state index is 0.0119. The number of hydrogen-bond donors (Lipinski definition) is 1. The summed E-state index contributed by atoms with van der Waals surface area (Å²) >= 11 is 1.77. The van der Waals surface area contributed by atoms with Gasteiger partial charge in [-0.25, -0.2) is 0 Å². The standard InChI is InChI=1S/C13H17N3O2S/c17-12-8-15(5-3-14-12)9-13(18)16-4-1-11-10(7-16)2-6-19-11/h2,6H,1,3-5,7-9H2,(H,14,17). The van der Waals surface area contributed by atoms with Crippen LogP contribution in [0, 0.1) is 0 Å². The van der Waals surface area contributed by atoms with Crippen LogP contribution in [0.3, 0.4) is 0 Å². The zero-order chi connectivity index (χ0) is 13.2. The molecule has 1 saturated heterocycles. The predicted octanol–water partition coefficient (Wildman–Crippen LogP) is 0.0646. The van der Waals surface area contributed by atoms with Crippen LogP contribution in [0.1, 0.15) is 10.4 Å². The lowest BCUT2D eigenvalue weighted by molar-refractivity contribution is -0.134. The van der Waals surface area contributed by atoms with Crippen molar-refractivity contribution >= 4 is 23.2 Å².